The first-order chi connectivity index (χ1) is 16.7. The van der Waals surface area contributed by atoms with Crippen LogP contribution < -0.4 is 15.4 Å². The van der Waals surface area contributed by atoms with Crippen LogP contribution in [0.5, 0.6) is 5.75 Å². The molecule has 0 aliphatic heterocycles. The second-order valence-corrected chi connectivity index (χ2v) is 9.83. The molecule has 0 saturated heterocycles. The van der Waals surface area contributed by atoms with Crippen molar-refractivity contribution in [2.75, 3.05) is 6.54 Å². The average molecular weight is 491 g/mol. The van der Waals surface area contributed by atoms with Crippen LogP contribution in [0.2, 0.25) is 0 Å². The van der Waals surface area contributed by atoms with Crippen molar-refractivity contribution in [2.45, 2.75) is 64.3 Å². The highest BCUT2D eigenvalue weighted by Gasteiger charge is 2.18. The minimum Gasteiger partial charge on any atom is -0.445 e. The maximum atomic E-state index is 6.32. The van der Waals surface area contributed by atoms with Crippen molar-refractivity contribution in [2.24, 2.45) is 0 Å². The maximum Gasteiger partial charge on any atom is 0.198 e. The van der Waals surface area contributed by atoms with E-state index in [0.717, 1.165) is 42.2 Å². The lowest BCUT2D eigenvalue weighted by atomic mass is 9.93. The Bertz CT molecular complexity index is 1130. The third-order valence-corrected chi connectivity index (χ3v) is 7.14. The third kappa shape index (κ3) is 6.34. The van der Waals surface area contributed by atoms with Crippen molar-refractivity contribution in [3.8, 4) is 5.75 Å². The normalized spacial score (nSPS) is 13.3. The summed E-state index contributed by atoms with van der Waals surface area (Å²) in [5.41, 5.74) is 3.51. The molecule has 0 heterocycles. The molecule has 0 amide bonds. The van der Waals surface area contributed by atoms with Gasteiger partial charge >= 0.3 is 0 Å². The van der Waals surface area contributed by atoms with Crippen LogP contribution in [0.4, 0.5) is 0 Å². The van der Waals surface area contributed by atoms with Gasteiger partial charge in [0.25, 0.3) is 0 Å². The summed E-state index contributed by atoms with van der Waals surface area (Å²) in [5.74, 6) is 0.875. The molecule has 5 heteroatoms. The van der Waals surface area contributed by atoms with Crippen LogP contribution >= 0.6 is 24.4 Å². The van der Waals surface area contributed by atoms with Crippen LogP contribution in [0, 0.1) is 0 Å². The van der Waals surface area contributed by atoms with Crippen molar-refractivity contribution >= 4 is 45.4 Å². The first-order valence-corrected chi connectivity index (χ1v) is 13.3. The van der Waals surface area contributed by atoms with Gasteiger partial charge in [0, 0.05) is 23.7 Å². The smallest absolute Gasteiger partial charge is 0.198 e. The average Bonchev–Trinajstić information content (AvgIpc) is 2.83. The molecule has 34 heavy (non-hydrogen) atoms. The highest BCUT2D eigenvalue weighted by molar-refractivity contribution is 7.80. The van der Waals surface area contributed by atoms with Crippen LogP contribution in [0.3, 0.4) is 0 Å². The number of thiocarbonyl (C=S) groups is 2. The Morgan fingerprint density at radius 1 is 0.941 bits per heavy atom. The van der Waals surface area contributed by atoms with Crippen molar-refractivity contribution in [3.05, 3.63) is 77.4 Å². The fourth-order valence-electron chi connectivity index (χ4n) is 4.45. The van der Waals surface area contributed by atoms with Gasteiger partial charge in [-0.25, -0.2) is 0 Å². The van der Waals surface area contributed by atoms with Gasteiger partial charge in [0.15, 0.2) is 10.2 Å². The van der Waals surface area contributed by atoms with Crippen LogP contribution in [0.25, 0.3) is 10.8 Å². The highest BCUT2D eigenvalue weighted by atomic mass is 32.1. The summed E-state index contributed by atoms with van der Waals surface area (Å²) in [4.78, 5) is 0. The second kappa shape index (κ2) is 12.3. The minimum absolute atomic E-state index is 0.517. The number of rotatable bonds is 10. The number of unbranched alkanes of at least 4 members (excludes halogenated alkanes) is 2. The zero-order chi connectivity index (χ0) is 23.8. The molecule has 0 aromatic heterocycles. The zero-order valence-electron chi connectivity index (χ0n) is 19.9. The van der Waals surface area contributed by atoms with Gasteiger partial charge in [0.05, 0.1) is 0 Å². The fraction of sp³-hybridized carbons (Fsp3) is 0.379. The Kier molecular flexibility index (Phi) is 8.89. The predicted molar refractivity (Wildman–Crippen MR) is 151 cm³/mol. The molecule has 4 rings (SSSR count). The van der Waals surface area contributed by atoms with Gasteiger partial charge in [0.1, 0.15) is 5.75 Å². The van der Waals surface area contributed by atoms with E-state index in [9.17, 15) is 0 Å². The molecular weight excluding hydrogens is 456 g/mol. The molecule has 3 aromatic rings. The molecule has 178 valence electrons. The van der Waals surface area contributed by atoms with E-state index >= 15 is 0 Å². The molecule has 1 saturated carbocycles. The lowest BCUT2D eigenvalue weighted by molar-refractivity contribution is 0.382. The Morgan fingerprint density at radius 3 is 2.50 bits per heavy atom. The van der Waals surface area contributed by atoms with E-state index in [1.165, 1.54) is 54.0 Å². The topological polar surface area (TPSA) is 33.3 Å². The van der Waals surface area contributed by atoms with E-state index < -0.39 is 0 Å². The van der Waals surface area contributed by atoms with Crippen molar-refractivity contribution < 1.29 is 4.74 Å². The number of fused-ring (bicyclic) bond motifs is 1. The van der Waals surface area contributed by atoms with E-state index in [0.29, 0.717) is 11.1 Å². The lowest BCUT2D eigenvalue weighted by Gasteiger charge is -2.27. The molecule has 0 atom stereocenters. The Morgan fingerprint density at radius 2 is 1.76 bits per heavy atom. The summed E-state index contributed by atoms with van der Waals surface area (Å²) in [6.07, 6.45) is 9.14. The quantitative estimate of drug-likeness (QED) is 0.239. The third-order valence-electron chi connectivity index (χ3n) is 6.56. The van der Waals surface area contributed by atoms with Crippen LogP contribution in [-0.2, 0) is 12.8 Å². The maximum absolute atomic E-state index is 6.32. The minimum atomic E-state index is 0.517. The number of hydrogen-bond acceptors (Lipinski definition) is 3. The summed E-state index contributed by atoms with van der Waals surface area (Å²) in [6.45, 7) is 3.04. The van der Waals surface area contributed by atoms with Crippen LogP contribution in [-0.4, -0.2) is 22.7 Å². The van der Waals surface area contributed by atoms with Gasteiger partial charge in [-0.05, 0) is 85.4 Å². The van der Waals surface area contributed by atoms with Gasteiger partial charge in [-0.3, -0.25) is 0 Å². The SMILES string of the molecule is CCCCCc1c(OC(=S)c2ccccc2)ccc2cccc(CCNC(=S)NC3CCC3)c12. The standard InChI is InChI=1S/C29H34N2OS2/c1-2-3-5-16-25-26(32-28(33)23-10-6-4-7-11-23)18-17-21-12-8-13-22(27(21)25)19-20-30-29(34)31-24-14-9-15-24/h4,6-8,10-13,17-18,24H,2-3,5,9,14-16,19-20H2,1H3,(H2,30,31,34). The van der Waals surface area contributed by atoms with Gasteiger partial charge in [-0.1, -0.05) is 74.4 Å². The van der Waals surface area contributed by atoms with Crippen LogP contribution in [0.1, 0.15) is 62.1 Å². The first kappa shape index (κ1) is 24.6. The number of nitrogens with one attached hydrogen (secondary N) is 2. The molecule has 1 aliphatic carbocycles. The van der Waals surface area contributed by atoms with Crippen molar-refractivity contribution in [1.82, 2.24) is 10.6 Å². The first-order valence-electron chi connectivity index (χ1n) is 12.5. The van der Waals surface area contributed by atoms with E-state index in [2.05, 4.69) is 47.9 Å². The fourth-order valence-corrected chi connectivity index (χ4v) is 4.95. The highest BCUT2D eigenvalue weighted by Crippen LogP contribution is 2.33. The predicted octanol–water partition coefficient (Wildman–Crippen LogP) is 6.89. The number of ether oxygens (including phenoxy) is 1. The Hall–Kier alpha value is -2.50. The Labute approximate surface area is 214 Å². The van der Waals surface area contributed by atoms with E-state index in [4.69, 9.17) is 29.2 Å². The molecule has 1 fully saturated rings. The molecule has 0 bridgehead atoms. The number of benzene rings is 3. The molecule has 0 unspecified atom stereocenters. The van der Waals surface area contributed by atoms with Crippen LogP contribution in [0.15, 0.2) is 60.7 Å². The molecular formula is C29H34N2OS2. The molecule has 0 spiro atoms. The van der Waals surface area contributed by atoms with Gasteiger partial charge in [-0.2, -0.15) is 0 Å². The van der Waals surface area contributed by atoms with E-state index in [1.807, 2.05) is 30.3 Å². The monoisotopic (exact) mass is 490 g/mol. The summed E-state index contributed by atoms with van der Waals surface area (Å²) in [7, 11) is 0. The van der Waals surface area contributed by atoms with Gasteiger partial charge < -0.3 is 15.4 Å². The number of hydrogen-bond donors (Lipinski definition) is 2. The summed E-state index contributed by atoms with van der Waals surface area (Å²) in [6, 6.07) is 21.3. The summed E-state index contributed by atoms with van der Waals surface area (Å²) >= 11 is 11.1. The van der Waals surface area contributed by atoms with Gasteiger partial charge in [0.2, 0.25) is 0 Å². The molecule has 1 aliphatic rings. The molecule has 0 radical (unpaired) electrons. The number of aryl methyl sites for hydroxylation is 1. The molecule has 3 aromatic carbocycles. The van der Waals surface area contributed by atoms with Gasteiger partial charge in [-0.15, -0.1) is 0 Å². The molecule has 3 nitrogen and oxygen atoms in total. The van der Waals surface area contributed by atoms with E-state index in [-0.39, 0.29) is 0 Å². The lowest BCUT2D eigenvalue weighted by Crippen LogP contribution is -2.45. The summed E-state index contributed by atoms with van der Waals surface area (Å²) in [5, 5.41) is 10.7. The zero-order valence-corrected chi connectivity index (χ0v) is 21.6. The second-order valence-electron chi connectivity index (χ2n) is 9.05. The summed E-state index contributed by atoms with van der Waals surface area (Å²) < 4.78 is 6.32. The van der Waals surface area contributed by atoms with Crippen molar-refractivity contribution in [1.29, 1.82) is 0 Å². The van der Waals surface area contributed by atoms with Crippen molar-refractivity contribution in [3.63, 3.8) is 0 Å². The molecule has 2 N–H and O–H groups in total. The largest absolute Gasteiger partial charge is 0.445 e. The van der Waals surface area contributed by atoms with E-state index in [1.54, 1.807) is 0 Å². The Balaban J connectivity index is 1.57.